The number of carbonyl (C=O) groups excluding carboxylic acids is 1. The Bertz CT molecular complexity index is 852. The highest BCUT2D eigenvalue weighted by Gasteiger charge is 2.19. The zero-order valence-electron chi connectivity index (χ0n) is 21.5. The quantitative estimate of drug-likeness (QED) is 0.707. The molecular formula is C28H43N5O. The Kier molecular flexibility index (Phi) is 9.93. The van der Waals surface area contributed by atoms with Crippen molar-refractivity contribution in [1.29, 1.82) is 0 Å². The molecule has 0 radical (unpaired) electrons. The highest BCUT2D eigenvalue weighted by Crippen LogP contribution is 2.16. The van der Waals surface area contributed by atoms with Crippen LogP contribution < -0.4 is 10.6 Å². The van der Waals surface area contributed by atoms with Crippen LogP contribution in [0.15, 0.2) is 54.6 Å². The summed E-state index contributed by atoms with van der Waals surface area (Å²) in [5, 5.41) is 0. The molecule has 186 valence electrons. The third-order valence-corrected chi connectivity index (χ3v) is 6.95. The van der Waals surface area contributed by atoms with Crippen molar-refractivity contribution in [2.45, 2.75) is 46.3 Å². The number of nitrogens with zero attached hydrogens (tertiary/aromatic N) is 4. The van der Waals surface area contributed by atoms with Crippen molar-refractivity contribution in [3.8, 4) is 0 Å². The number of anilines is 1. The lowest BCUT2D eigenvalue weighted by Crippen LogP contribution is -2.48. The molecule has 0 aliphatic carbocycles. The van der Waals surface area contributed by atoms with E-state index in [9.17, 15) is 4.79 Å². The Morgan fingerprint density at radius 2 is 1.24 bits per heavy atom. The summed E-state index contributed by atoms with van der Waals surface area (Å²) in [5.74, 6) is -0.364. The molecule has 1 amide bonds. The Morgan fingerprint density at radius 3 is 1.71 bits per heavy atom. The van der Waals surface area contributed by atoms with Gasteiger partial charge in [0.15, 0.2) is 0 Å². The van der Waals surface area contributed by atoms with Gasteiger partial charge in [-0.1, -0.05) is 30.3 Å². The van der Waals surface area contributed by atoms with E-state index in [1.54, 1.807) is 0 Å². The molecule has 2 fully saturated rings. The second-order valence-corrected chi connectivity index (χ2v) is 9.92. The SMILES string of the molecule is CC(C)N1CCN(Cc2ccc(C(N)=O)cc2)CC1.CC(C)N1CCN(c2ccccc2)CC1. The van der Waals surface area contributed by atoms with E-state index in [1.807, 2.05) is 24.3 Å². The number of nitrogens with two attached hydrogens (primary N) is 1. The normalized spacial score (nSPS) is 18.1. The summed E-state index contributed by atoms with van der Waals surface area (Å²) >= 11 is 0. The summed E-state index contributed by atoms with van der Waals surface area (Å²) in [6.07, 6.45) is 0. The van der Waals surface area contributed by atoms with Crippen molar-refractivity contribution >= 4 is 11.6 Å². The van der Waals surface area contributed by atoms with Crippen LogP contribution in [-0.4, -0.2) is 85.0 Å². The number of benzene rings is 2. The van der Waals surface area contributed by atoms with Gasteiger partial charge in [0.05, 0.1) is 0 Å². The number of para-hydroxylation sites is 1. The predicted octanol–water partition coefficient (Wildman–Crippen LogP) is 3.53. The van der Waals surface area contributed by atoms with Gasteiger partial charge in [0.1, 0.15) is 0 Å². The van der Waals surface area contributed by atoms with Gasteiger partial charge < -0.3 is 10.6 Å². The average Bonchev–Trinajstić information content (AvgIpc) is 2.86. The number of carbonyl (C=O) groups is 1. The van der Waals surface area contributed by atoms with Gasteiger partial charge in [0, 0.05) is 82.2 Å². The standard InChI is InChI=1S/C15H23N3O.C13H20N2/c1-12(2)18-9-7-17(8-10-18)11-13-3-5-14(6-4-13)15(16)19;1-12(2)14-8-10-15(11-9-14)13-6-4-3-5-7-13/h3-6,12H,7-11H2,1-2H3,(H2,16,19);3-7,12H,8-11H2,1-2H3. The molecule has 0 saturated carbocycles. The molecule has 0 unspecified atom stereocenters. The summed E-state index contributed by atoms with van der Waals surface area (Å²) in [4.78, 5) is 21.0. The van der Waals surface area contributed by atoms with Gasteiger partial charge in [-0.15, -0.1) is 0 Å². The molecule has 6 heteroatoms. The van der Waals surface area contributed by atoms with E-state index < -0.39 is 0 Å². The van der Waals surface area contributed by atoms with E-state index in [4.69, 9.17) is 5.73 Å². The highest BCUT2D eigenvalue weighted by molar-refractivity contribution is 5.92. The third-order valence-electron chi connectivity index (χ3n) is 6.95. The fraction of sp³-hybridized carbons (Fsp3) is 0.536. The fourth-order valence-electron chi connectivity index (χ4n) is 4.61. The molecule has 0 spiro atoms. The van der Waals surface area contributed by atoms with Crippen LogP contribution in [0.2, 0.25) is 0 Å². The van der Waals surface area contributed by atoms with E-state index in [0.717, 1.165) is 45.8 Å². The number of amides is 1. The van der Waals surface area contributed by atoms with Crippen LogP contribution in [0.1, 0.15) is 43.6 Å². The Labute approximate surface area is 206 Å². The predicted molar refractivity (Wildman–Crippen MR) is 142 cm³/mol. The monoisotopic (exact) mass is 465 g/mol. The van der Waals surface area contributed by atoms with E-state index in [1.165, 1.54) is 24.3 Å². The summed E-state index contributed by atoms with van der Waals surface area (Å²) in [6, 6.07) is 19.6. The maximum absolute atomic E-state index is 11.0. The van der Waals surface area contributed by atoms with Crippen LogP contribution in [0.5, 0.6) is 0 Å². The lowest BCUT2D eigenvalue weighted by molar-refractivity contribution is 0.1000. The van der Waals surface area contributed by atoms with Crippen LogP contribution in [-0.2, 0) is 6.54 Å². The highest BCUT2D eigenvalue weighted by atomic mass is 16.1. The number of hydrogen-bond donors (Lipinski definition) is 1. The zero-order valence-corrected chi connectivity index (χ0v) is 21.5. The summed E-state index contributed by atoms with van der Waals surface area (Å²) in [7, 11) is 0. The molecule has 0 bridgehead atoms. The molecule has 2 aromatic rings. The zero-order chi connectivity index (χ0) is 24.5. The molecule has 34 heavy (non-hydrogen) atoms. The second-order valence-electron chi connectivity index (χ2n) is 9.92. The molecule has 4 rings (SSSR count). The molecule has 6 nitrogen and oxygen atoms in total. The largest absolute Gasteiger partial charge is 0.369 e. The smallest absolute Gasteiger partial charge is 0.248 e. The Balaban J connectivity index is 0.000000196. The first-order chi connectivity index (χ1) is 16.3. The van der Waals surface area contributed by atoms with E-state index in [-0.39, 0.29) is 5.91 Å². The van der Waals surface area contributed by atoms with E-state index in [2.05, 4.69) is 77.6 Å². The minimum atomic E-state index is -0.364. The molecule has 0 atom stereocenters. The minimum Gasteiger partial charge on any atom is -0.369 e. The van der Waals surface area contributed by atoms with Crippen LogP contribution in [0.25, 0.3) is 0 Å². The topological polar surface area (TPSA) is 56.1 Å². The summed E-state index contributed by atoms with van der Waals surface area (Å²) in [6.45, 7) is 19.2. The number of primary amides is 1. The minimum absolute atomic E-state index is 0.364. The van der Waals surface area contributed by atoms with Crippen molar-refractivity contribution < 1.29 is 4.79 Å². The van der Waals surface area contributed by atoms with Gasteiger partial charge in [0.2, 0.25) is 5.91 Å². The van der Waals surface area contributed by atoms with Crippen LogP contribution in [0.4, 0.5) is 5.69 Å². The Morgan fingerprint density at radius 1 is 0.735 bits per heavy atom. The van der Waals surface area contributed by atoms with E-state index >= 15 is 0 Å². The average molecular weight is 466 g/mol. The number of rotatable bonds is 6. The molecular weight excluding hydrogens is 422 g/mol. The molecule has 2 heterocycles. The van der Waals surface area contributed by atoms with Crippen LogP contribution >= 0.6 is 0 Å². The maximum atomic E-state index is 11.0. The van der Waals surface area contributed by atoms with Crippen molar-refractivity contribution in [3.63, 3.8) is 0 Å². The lowest BCUT2D eigenvalue weighted by atomic mass is 10.1. The first kappa shape index (κ1) is 26.2. The molecule has 2 saturated heterocycles. The van der Waals surface area contributed by atoms with Crippen LogP contribution in [0.3, 0.4) is 0 Å². The van der Waals surface area contributed by atoms with Gasteiger partial charge in [-0.2, -0.15) is 0 Å². The molecule has 2 aromatic carbocycles. The first-order valence-electron chi connectivity index (χ1n) is 12.7. The van der Waals surface area contributed by atoms with E-state index in [0.29, 0.717) is 17.6 Å². The van der Waals surface area contributed by atoms with Gasteiger partial charge in [-0.25, -0.2) is 0 Å². The van der Waals surface area contributed by atoms with Crippen LogP contribution in [0, 0.1) is 0 Å². The fourth-order valence-corrected chi connectivity index (χ4v) is 4.61. The van der Waals surface area contributed by atoms with Gasteiger partial charge in [0.25, 0.3) is 0 Å². The first-order valence-corrected chi connectivity index (χ1v) is 12.7. The van der Waals surface area contributed by atoms with Gasteiger partial charge >= 0.3 is 0 Å². The van der Waals surface area contributed by atoms with Gasteiger partial charge in [-0.3, -0.25) is 19.5 Å². The maximum Gasteiger partial charge on any atom is 0.248 e. The van der Waals surface area contributed by atoms with Crippen molar-refractivity contribution in [2.75, 3.05) is 57.3 Å². The third kappa shape index (κ3) is 7.83. The molecule has 0 aromatic heterocycles. The Hall–Kier alpha value is -2.41. The summed E-state index contributed by atoms with van der Waals surface area (Å²) in [5.41, 5.74) is 8.41. The molecule has 2 N–H and O–H groups in total. The molecule has 2 aliphatic rings. The molecule has 2 aliphatic heterocycles. The number of hydrogen-bond acceptors (Lipinski definition) is 5. The van der Waals surface area contributed by atoms with Crippen molar-refractivity contribution in [3.05, 3.63) is 65.7 Å². The second kappa shape index (κ2) is 12.9. The summed E-state index contributed by atoms with van der Waals surface area (Å²) < 4.78 is 0. The number of piperazine rings is 2. The van der Waals surface area contributed by atoms with Gasteiger partial charge in [-0.05, 0) is 57.5 Å². The lowest BCUT2D eigenvalue weighted by Gasteiger charge is -2.38. The van der Waals surface area contributed by atoms with Crippen molar-refractivity contribution in [1.82, 2.24) is 14.7 Å². The van der Waals surface area contributed by atoms with Crippen molar-refractivity contribution in [2.24, 2.45) is 5.73 Å².